The summed E-state index contributed by atoms with van der Waals surface area (Å²) in [5.74, 6) is 0. The van der Waals surface area contributed by atoms with E-state index in [9.17, 15) is 18.0 Å². The summed E-state index contributed by atoms with van der Waals surface area (Å²) in [6, 6.07) is 3.25. The summed E-state index contributed by atoms with van der Waals surface area (Å²) >= 11 is 6.14. The monoisotopic (exact) mass is 420 g/mol. The van der Waals surface area contributed by atoms with Gasteiger partial charge in [0.05, 0.1) is 16.3 Å². The van der Waals surface area contributed by atoms with E-state index in [1.807, 2.05) is 6.07 Å². The number of halogens is 4. The number of alkyl halides is 3. The largest absolute Gasteiger partial charge is 0.444 e. The number of ether oxygens (including phenoxy) is 1. The molecule has 0 aromatic heterocycles. The molecule has 1 aliphatic heterocycles. The predicted octanol–water partition coefficient (Wildman–Crippen LogP) is 5.02. The zero-order valence-corrected chi connectivity index (χ0v) is 17.3. The molecule has 148 valence electrons. The molecule has 0 aliphatic carbocycles. The summed E-state index contributed by atoms with van der Waals surface area (Å²) in [6.45, 7) is 7.86. The number of nitrogens with zero attached hydrogens (tertiary/aromatic N) is 2. The average molecular weight is 421 g/mol. The fraction of sp³-hybridized carbons (Fsp3) is 0.529. The number of hydrogen-bond donors (Lipinski definition) is 0. The summed E-state index contributed by atoms with van der Waals surface area (Å²) in [5.41, 5.74) is 0.647. The third-order valence-electron chi connectivity index (χ3n) is 4.11. The van der Waals surface area contributed by atoms with E-state index in [-0.39, 0.29) is 16.3 Å². The minimum Gasteiger partial charge on any atom is -0.444 e. The van der Waals surface area contributed by atoms with Gasteiger partial charge >= 0.3 is 12.3 Å². The second-order valence-electron chi connectivity index (χ2n) is 7.32. The molecule has 0 radical (unpaired) electrons. The highest BCUT2D eigenvalue weighted by molar-refractivity contribution is 6.69. The fourth-order valence-electron chi connectivity index (χ4n) is 2.99. The van der Waals surface area contributed by atoms with E-state index >= 15 is 0 Å². The van der Waals surface area contributed by atoms with Crippen LogP contribution >= 0.6 is 11.6 Å². The molecular weight excluding hydrogens is 401 g/mol. The van der Waals surface area contributed by atoms with Crippen LogP contribution in [-0.4, -0.2) is 38.8 Å². The van der Waals surface area contributed by atoms with Crippen LogP contribution in [0.2, 0.25) is 24.7 Å². The highest BCUT2D eigenvalue weighted by atomic mass is 35.5. The molecule has 1 aliphatic rings. The summed E-state index contributed by atoms with van der Waals surface area (Å²) < 4.78 is 52.0. The van der Waals surface area contributed by atoms with Gasteiger partial charge in [0, 0.05) is 0 Å². The smallest absolute Gasteiger partial charge is 0.415 e. The lowest BCUT2D eigenvalue weighted by Crippen LogP contribution is -2.56. The van der Waals surface area contributed by atoms with Gasteiger partial charge in [-0.15, -0.1) is 0 Å². The number of amides is 1. The molecule has 1 aromatic carbocycles. The number of nitriles is 1. The van der Waals surface area contributed by atoms with Crippen LogP contribution in [0, 0.1) is 18.3 Å². The second kappa shape index (κ2) is 7.34. The van der Waals surface area contributed by atoms with E-state index in [4.69, 9.17) is 26.0 Å². The van der Waals surface area contributed by atoms with Crippen LogP contribution in [0.5, 0.6) is 0 Å². The van der Waals surface area contributed by atoms with Gasteiger partial charge in [-0.05, 0) is 51.2 Å². The Morgan fingerprint density at radius 1 is 1.37 bits per heavy atom. The molecule has 3 atom stereocenters. The Balaban J connectivity index is 2.59. The minimum absolute atomic E-state index is 0.0794. The minimum atomic E-state index is -4.70. The maximum Gasteiger partial charge on any atom is 0.415 e. The van der Waals surface area contributed by atoms with Crippen LogP contribution in [0.25, 0.3) is 0 Å². The van der Waals surface area contributed by atoms with E-state index < -0.39 is 38.8 Å². The summed E-state index contributed by atoms with van der Waals surface area (Å²) in [6.07, 6.45) is -8.87. The Morgan fingerprint density at radius 2 is 1.96 bits per heavy atom. The van der Waals surface area contributed by atoms with Gasteiger partial charge in [-0.2, -0.15) is 18.4 Å². The lowest BCUT2D eigenvalue weighted by atomic mass is 10.0. The van der Waals surface area contributed by atoms with Crippen LogP contribution in [0.1, 0.15) is 18.1 Å². The normalized spacial score (nSPS) is 21.8. The van der Waals surface area contributed by atoms with E-state index in [0.717, 1.165) is 4.90 Å². The Bertz CT molecular complexity index is 789. The first kappa shape index (κ1) is 21.5. The molecular formula is C17H20ClF3N2O3Si. The van der Waals surface area contributed by atoms with E-state index in [0.29, 0.717) is 5.56 Å². The van der Waals surface area contributed by atoms with Crippen molar-refractivity contribution in [2.24, 2.45) is 0 Å². The number of anilines is 1. The van der Waals surface area contributed by atoms with Gasteiger partial charge in [0.2, 0.25) is 0 Å². The number of cyclic esters (lactones) is 1. The molecule has 10 heteroatoms. The molecule has 0 N–H and O–H groups in total. The third-order valence-corrected chi connectivity index (χ3v) is 5.56. The Labute approximate surface area is 161 Å². The average Bonchev–Trinajstić information content (AvgIpc) is 2.80. The molecule has 1 unspecified atom stereocenters. The first-order chi connectivity index (χ1) is 12.3. The third kappa shape index (κ3) is 4.39. The summed E-state index contributed by atoms with van der Waals surface area (Å²) in [4.78, 5) is 13.3. The maximum absolute atomic E-state index is 13.8. The molecule has 0 saturated carbocycles. The van der Waals surface area contributed by atoms with E-state index in [1.54, 1.807) is 19.6 Å². The molecule has 0 bridgehead atoms. The number of carbonyl (C=O) groups excluding carboxylic acids is 1. The first-order valence-corrected chi connectivity index (χ1v) is 12.0. The van der Waals surface area contributed by atoms with Crippen molar-refractivity contribution in [2.45, 2.75) is 57.9 Å². The van der Waals surface area contributed by atoms with E-state index in [2.05, 4.69) is 0 Å². The Morgan fingerprint density at radius 3 is 2.44 bits per heavy atom. The van der Waals surface area contributed by atoms with Crippen LogP contribution in [-0.2, 0) is 9.16 Å². The topological polar surface area (TPSA) is 62.6 Å². The van der Waals surface area contributed by atoms with Gasteiger partial charge in [-0.25, -0.2) is 4.79 Å². The Hall–Kier alpha value is -1.76. The van der Waals surface area contributed by atoms with Crippen molar-refractivity contribution in [3.8, 4) is 6.07 Å². The van der Waals surface area contributed by atoms with Gasteiger partial charge in [-0.3, -0.25) is 4.90 Å². The molecule has 1 saturated heterocycles. The zero-order chi connectivity index (χ0) is 20.7. The standard InChI is InChI=1S/C17H20ClF3N2O3Si/c1-9-12(7-6-11(8-22)13(9)18)23-14(10(2)25-16(23)24)15(17(19,20)21)26-27(3,4)5/h6-7,10,14-15H,1-5H3/t10-,14+,15?/m0/s1. The quantitative estimate of drug-likeness (QED) is 0.642. The van der Waals surface area contributed by atoms with Gasteiger partial charge in [0.1, 0.15) is 18.2 Å². The fourth-order valence-corrected chi connectivity index (χ4v) is 4.23. The van der Waals surface area contributed by atoms with Crippen molar-refractivity contribution in [1.82, 2.24) is 0 Å². The molecule has 1 heterocycles. The number of hydrogen-bond acceptors (Lipinski definition) is 4. The lowest BCUT2D eigenvalue weighted by Gasteiger charge is -2.36. The molecule has 2 rings (SSSR count). The Kier molecular flexibility index (Phi) is 5.85. The van der Waals surface area contributed by atoms with Crippen LogP contribution in [0.4, 0.5) is 23.7 Å². The van der Waals surface area contributed by atoms with Crippen molar-refractivity contribution in [3.63, 3.8) is 0 Å². The summed E-state index contributed by atoms with van der Waals surface area (Å²) in [7, 11) is -2.60. The van der Waals surface area contributed by atoms with Gasteiger partial charge in [0.25, 0.3) is 0 Å². The summed E-state index contributed by atoms with van der Waals surface area (Å²) in [5, 5.41) is 9.14. The molecule has 0 spiro atoms. The lowest BCUT2D eigenvalue weighted by molar-refractivity contribution is -0.206. The second-order valence-corrected chi connectivity index (χ2v) is 12.2. The van der Waals surface area contributed by atoms with Crippen molar-refractivity contribution < 1.29 is 27.1 Å². The van der Waals surface area contributed by atoms with Crippen LogP contribution < -0.4 is 4.90 Å². The van der Waals surface area contributed by atoms with Crippen molar-refractivity contribution in [2.75, 3.05) is 4.90 Å². The van der Waals surface area contributed by atoms with Gasteiger partial charge in [0.15, 0.2) is 14.4 Å². The first-order valence-electron chi connectivity index (χ1n) is 8.21. The molecule has 27 heavy (non-hydrogen) atoms. The molecule has 1 fully saturated rings. The van der Waals surface area contributed by atoms with Gasteiger partial charge in [-0.1, -0.05) is 11.6 Å². The van der Waals surface area contributed by atoms with Crippen LogP contribution in [0.3, 0.4) is 0 Å². The molecule has 1 amide bonds. The predicted molar refractivity (Wildman–Crippen MR) is 97.4 cm³/mol. The molecule has 1 aromatic rings. The number of carbonyl (C=O) groups is 1. The highest BCUT2D eigenvalue weighted by Gasteiger charge is 2.56. The number of rotatable bonds is 4. The van der Waals surface area contributed by atoms with Crippen molar-refractivity contribution in [1.29, 1.82) is 5.26 Å². The van der Waals surface area contributed by atoms with Crippen molar-refractivity contribution >= 4 is 31.7 Å². The van der Waals surface area contributed by atoms with Gasteiger partial charge < -0.3 is 9.16 Å². The highest BCUT2D eigenvalue weighted by Crippen LogP contribution is 2.40. The molecule has 5 nitrogen and oxygen atoms in total. The number of benzene rings is 1. The zero-order valence-electron chi connectivity index (χ0n) is 15.5. The maximum atomic E-state index is 13.8. The van der Waals surface area contributed by atoms with E-state index in [1.165, 1.54) is 26.0 Å². The van der Waals surface area contributed by atoms with Crippen molar-refractivity contribution in [3.05, 3.63) is 28.3 Å². The SMILES string of the molecule is Cc1c(N2C(=O)O[C@@H](C)[C@@H]2C(O[Si](C)(C)C)C(F)(F)F)ccc(C#N)c1Cl. The van der Waals surface area contributed by atoms with Crippen LogP contribution in [0.15, 0.2) is 12.1 Å².